The number of carbonyl (C=O) groups is 2. The Labute approximate surface area is 148 Å². The average Bonchev–Trinajstić information content (AvgIpc) is 2.92. The predicted molar refractivity (Wildman–Crippen MR) is 93.3 cm³/mol. The van der Waals surface area contributed by atoms with Crippen molar-refractivity contribution >= 4 is 17.8 Å². The topological polar surface area (TPSA) is 75.6 Å². The molecule has 2 aliphatic heterocycles. The predicted octanol–water partition coefficient (Wildman–Crippen LogP) is 2.57. The molecule has 0 aromatic carbocycles. The van der Waals surface area contributed by atoms with Crippen molar-refractivity contribution in [1.82, 2.24) is 14.9 Å². The van der Waals surface area contributed by atoms with Crippen molar-refractivity contribution in [2.75, 3.05) is 24.5 Å². The van der Waals surface area contributed by atoms with Crippen molar-refractivity contribution in [2.24, 2.45) is 5.41 Å². The van der Waals surface area contributed by atoms with Crippen LogP contribution in [-0.2, 0) is 9.53 Å². The molecule has 2 aliphatic rings. The second-order valence-corrected chi connectivity index (χ2v) is 7.92. The molecule has 1 aromatic rings. The largest absolute Gasteiger partial charge is 0.444 e. The molecule has 3 heterocycles. The molecule has 2 saturated heterocycles. The van der Waals surface area contributed by atoms with E-state index in [1.165, 1.54) is 4.90 Å². The second-order valence-electron chi connectivity index (χ2n) is 7.92. The van der Waals surface area contributed by atoms with E-state index in [2.05, 4.69) is 9.97 Å². The van der Waals surface area contributed by atoms with E-state index in [-0.39, 0.29) is 29.4 Å². The van der Waals surface area contributed by atoms with Gasteiger partial charge >= 0.3 is 6.09 Å². The molecule has 2 amide bonds. The Hall–Kier alpha value is -2.18. The van der Waals surface area contributed by atoms with E-state index in [4.69, 9.17) is 4.74 Å². The number of carbonyl (C=O) groups excluding carboxylic acids is 2. The van der Waals surface area contributed by atoms with E-state index in [9.17, 15) is 9.59 Å². The van der Waals surface area contributed by atoms with Gasteiger partial charge in [0.05, 0.1) is 18.4 Å². The zero-order chi connectivity index (χ0) is 18.2. The van der Waals surface area contributed by atoms with Gasteiger partial charge in [0.15, 0.2) is 5.82 Å². The second kappa shape index (κ2) is 6.61. The first-order valence-electron chi connectivity index (χ1n) is 8.85. The number of ether oxygens (including phenoxy) is 1. The lowest BCUT2D eigenvalue weighted by molar-refractivity contribution is -0.140. The number of cyclic esters (lactones) is 1. The van der Waals surface area contributed by atoms with Crippen LogP contribution in [0, 0.1) is 5.41 Å². The molecule has 136 valence electrons. The lowest BCUT2D eigenvalue weighted by Crippen LogP contribution is -2.43. The number of likely N-dealkylation sites (tertiary alicyclic amines) is 1. The van der Waals surface area contributed by atoms with Crippen molar-refractivity contribution in [2.45, 2.75) is 52.6 Å². The van der Waals surface area contributed by atoms with Gasteiger partial charge in [-0.2, -0.15) is 0 Å². The minimum absolute atomic E-state index is 0.135. The number of piperidine rings is 1. The summed E-state index contributed by atoms with van der Waals surface area (Å²) in [4.78, 5) is 36.6. The standard InChI is InChI=1S/C18H26N4O3/c1-12-11-22(17(24)25-12)15-10-19-9-14(20-15)13-5-7-21(8-6-13)16(23)18(2,3)4/h9-10,12-13H,5-8,11H2,1-4H3. The van der Waals surface area contributed by atoms with Gasteiger partial charge in [0.2, 0.25) is 5.91 Å². The summed E-state index contributed by atoms with van der Waals surface area (Å²) in [5.41, 5.74) is 0.534. The molecule has 1 unspecified atom stereocenters. The Bertz CT molecular complexity index is 663. The van der Waals surface area contributed by atoms with E-state index in [1.54, 1.807) is 12.4 Å². The Morgan fingerprint density at radius 2 is 1.92 bits per heavy atom. The number of hydrogen-bond donors (Lipinski definition) is 0. The average molecular weight is 346 g/mol. The maximum Gasteiger partial charge on any atom is 0.415 e. The van der Waals surface area contributed by atoms with Crippen LogP contribution in [-0.4, -0.2) is 52.6 Å². The first kappa shape index (κ1) is 17.6. The van der Waals surface area contributed by atoms with E-state index in [1.807, 2.05) is 32.6 Å². The van der Waals surface area contributed by atoms with E-state index in [0.717, 1.165) is 31.6 Å². The van der Waals surface area contributed by atoms with E-state index < -0.39 is 0 Å². The molecule has 7 nitrogen and oxygen atoms in total. The zero-order valence-electron chi connectivity index (χ0n) is 15.4. The van der Waals surface area contributed by atoms with Gasteiger partial charge in [-0.15, -0.1) is 0 Å². The number of amides is 2. The molecule has 0 saturated carbocycles. The third kappa shape index (κ3) is 3.75. The zero-order valence-corrected chi connectivity index (χ0v) is 15.4. The maximum atomic E-state index is 12.4. The van der Waals surface area contributed by atoms with E-state index in [0.29, 0.717) is 12.4 Å². The third-order valence-electron chi connectivity index (χ3n) is 4.72. The van der Waals surface area contributed by atoms with Crippen LogP contribution in [0.25, 0.3) is 0 Å². The normalized spacial score (nSPS) is 22.2. The minimum Gasteiger partial charge on any atom is -0.444 e. The molecule has 25 heavy (non-hydrogen) atoms. The van der Waals surface area contributed by atoms with Crippen molar-refractivity contribution in [3.63, 3.8) is 0 Å². The molecule has 3 rings (SSSR count). The van der Waals surface area contributed by atoms with Gasteiger partial charge in [0.25, 0.3) is 0 Å². The molecular weight excluding hydrogens is 320 g/mol. The Morgan fingerprint density at radius 3 is 2.48 bits per heavy atom. The lowest BCUT2D eigenvalue weighted by atomic mass is 9.90. The molecule has 0 radical (unpaired) electrons. The highest BCUT2D eigenvalue weighted by atomic mass is 16.6. The summed E-state index contributed by atoms with van der Waals surface area (Å²) in [5, 5.41) is 0. The highest BCUT2D eigenvalue weighted by Crippen LogP contribution is 2.30. The van der Waals surface area contributed by atoms with Gasteiger partial charge < -0.3 is 9.64 Å². The van der Waals surface area contributed by atoms with Gasteiger partial charge in [-0.05, 0) is 19.8 Å². The Kier molecular flexibility index (Phi) is 4.67. The van der Waals surface area contributed by atoms with Crippen molar-refractivity contribution < 1.29 is 14.3 Å². The summed E-state index contributed by atoms with van der Waals surface area (Å²) >= 11 is 0. The fourth-order valence-electron chi connectivity index (χ4n) is 3.34. The molecule has 2 fully saturated rings. The van der Waals surface area contributed by atoms with Crippen molar-refractivity contribution in [3.8, 4) is 0 Å². The van der Waals surface area contributed by atoms with Crippen LogP contribution < -0.4 is 4.90 Å². The summed E-state index contributed by atoms with van der Waals surface area (Å²) < 4.78 is 5.16. The first-order valence-corrected chi connectivity index (χ1v) is 8.85. The quantitative estimate of drug-likeness (QED) is 0.823. The van der Waals surface area contributed by atoms with Crippen LogP contribution in [0.3, 0.4) is 0 Å². The molecule has 0 aliphatic carbocycles. The Morgan fingerprint density at radius 1 is 1.24 bits per heavy atom. The number of aromatic nitrogens is 2. The number of rotatable bonds is 2. The van der Waals surface area contributed by atoms with Gasteiger partial charge in [-0.3, -0.25) is 14.7 Å². The molecule has 1 aromatic heterocycles. The van der Waals surface area contributed by atoms with Gasteiger partial charge in [0.1, 0.15) is 6.10 Å². The Balaban J connectivity index is 1.67. The maximum absolute atomic E-state index is 12.4. The third-order valence-corrected chi connectivity index (χ3v) is 4.72. The summed E-state index contributed by atoms with van der Waals surface area (Å²) in [6.45, 7) is 9.67. The summed E-state index contributed by atoms with van der Waals surface area (Å²) in [7, 11) is 0. The molecule has 0 N–H and O–H groups in total. The van der Waals surface area contributed by atoms with Gasteiger partial charge in [-0.25, -0.2) is 9.78 Å². The summed E-state index contributed by atoms with van der Waals surface area (Å²) in [6, 6.07) is 0. The number of hydrogen-bond acceptors (Lipinski definition) is 5. The highest BCUT2D eigenvalue weighted by Gasteiger charge is 2.33. The number of anilines is 1. The van der Waals surface area contributed by atoms with Gasteiger partial charge in [0, 0.05) is 30.6 Å². The van der Waals surface area contributed by atoms with Gasteiger partial charge in [-0.1, -0.05) is 20.8 Å². The summed E-state index contributed by atoms with van der Waals surface area (Å²) in [6.07, 6.45) is 4.58. The van der Waals surface area contributed by atoms with E-state index >= 15 is 0 Å². The minimum atomic E-state index is -0.371. The molecular formula is C18H26N4O3. The molecule has 0 spiro atoms. The van der Waals surface area contributed by atoms with Crippen LogP contribution in [0.4, 0.5) is 10.6 Å². The lowest BCUT2D eigenvalue weighted by Gasteiger charge is -2.35. The molecule has 0 bridgehead atoms. The fraction of sp³-hybridized carbons (Fsp3) is 0.667. The van der Waals surface area contributed by atoms with Crippen LogP contribution >= 0.6 is 0 Å². The van der Waals surface area contributed by atoms with Crippen LogP contribution in [0.1, 0.15) is 52.1 Å². The SMILES string of the molecule is CC1CN(c2cncc(C3CCN(C(=O)C(C)(C)C)CC3)n2)C(=O)O1. The fourth-order valence-corrected chi connectivity index (χ4v) is 3.34. The summed E-state index contributed by atoms with van der Waals surface area (Å²) in [5.74, 6) is 0.993. The van der Waals surface area contributed by atoms with Crippen molar-refractivity contribution in [3.05, 3.63) is 18.1 Å². The monoisotopic (exact) mass is 346 g/mol. The number of nitrogens with zero attached hydrogens (tertiary/aromatic N) is 4. The van der Waals surface area contributed by atoms with Crippen LogP contribution in [0.15, 0.2) is 12.4 Å². The highest BCUT2D eigenvalue weighted by molar-refractivity contribution is 5.88. The van der Waals surface area contributed by atoms with Crippen LogP contribution in [0.2, 0.25) is 0 Å². The smallest absolute Gasteiger partial charge is 0.415 e. The first-order chi connectivity index (χ1) is 11.8. The molecule has 7 heteroatoms. The van der Waals surface area contributed by atoms with Crippen molar-refractivity contribution in [1.29, 1.82) is 0 Å². The van der Waals surface area contributed by atoms with Crippen LogP contribution in [0.5, 0.6) is 0 Å². The molecule has 1 atom stereocenters.